The molecule has 0 atom stereocenters. The Morgan fingerprint density at radius 3 is 2.72 bits per heavy atom. The first-order valence-electron chi connectivity index (χ1n) is 9.96. The molecule has 0 saturated heterocycles. The van der Waals surface area contributed by atoms with E-state index in [1.54, 1.807) is 0 Å². The molecule has 29 heavy (non-hydrogen) atoms. The second-order valence-corrected chi connectivity index (χ2v) is 8.58. The molecule has 0 spiro atoms. The lowest BCUT2D eigenvalue weighted by Crippen LogP contribution is -2.32. The molecule has 1 aromatic carbocycles. The van der Waals surface area contributed by atoms with Crippen molar-refractivity contribution < 1.29 is 0 Å². The SMILES string of the molecule is CC(C)(C)c1ncc2c(n1)CCN(Cc1cccc(-c3cccc(C#N)c3)n1)C2. The molecular weight excluding hydrogens is 358 g/mol. The number of pyridine rings is 1. The summed E-state index contributed by atoms with van der Waals surface area (Å²) in [5.74, 6) is 0.915. The average Bonchev–Trinajstić information content (AvgIpc) is 2.73. The van der Waals surface area contributed by atoms with Crippen molar-refractivity contribution in [2.45, 2.75) is 45.7 Å². The number of nitriles is 1. The summed E-state index contributed by atoms with van der Waals surface area (Å²) in [6.45, 7) is 9.03. The van der Waals surface area contributed by atoms with Gasteiger partial charge >= 0.3 is 0 Å². The fourth-order valence-corrected chi connectivity index (χ4v) is 3.58. The zero-order valence-corrected chi connectivity index (χ0v) is 17.2. The van der Waals surface area contributed by atoms with Crippen LogP contribution in [0.25, 0.3) is 11.3 Å². The molecule has 3 aromatic rings. The lowest BCUT2D eigenvalue weighted by Gasteiger charge is -2.29. The first kappa shape index (κ1) is 19.2. The van der Waals surface area contributed by atoms with Gasteiger partial charge in [-0.2, -0.15) is 5.26 Å². The Balaban J connectivity index is 1.50. The van der Waals surface area contributed by atoms with E-state index in [1.165, 1.54) is 11.3 Å². The van der Waals surface area contributed by atoms with Crippen LogP contribution in [-0.4, -0.2) is 26.4 Å². The molecule has 4 rings (SSSR count). The maximum Gasteiger partial charge on any atom is 0.133 e. The molecule has 146 valence electrons. The molecule has 0 N–H and O–H groups in total. The Labute approximate surface area is 172 Å². The normalized spacial score (nSPS) is 14.3. The Hall–Kier alpha value is -3.10. The number of fused-ring (bicyclic) bond motifs is 1. The van der Waals surface area contributed by atoms with Crippen LogP contribution in [-0.2, 0) is 24.9 Å². The van der Waals surface area contributed by atoms with Crippen LogP contribution in [0.3, 0.4) is 0 Å². The van der Waals surface area contributed by atoms with Crippen LogP contribution >= 0.6 is 0 Å². The van der Waals surface area contributed by atoms with Gasteiger partial charge in [0.2, 0.25) is 0 Å². The van der Waals surface area contributed by atoms with Gasteiger partial charge < -0.3 is 0 Å². The van der Waals surface area contributed by atoms with Crippen molar-refractivity contribution in [2.24, 2.45) is 0 Å². The smallest absolute Gasteiger partial charge is 0.133 e. The van der Waals surface area contributed by atoms with Crippen LogP contribution < -0.4 is 0 Å². The Kier molecular flexibility index (Phi) is 5.12. The third-order valence-electron chi connectivity index (χ3n) is 5.16. The van der Waals surface area contributed by atoms with Gasteiger partial charge in [0, 0.05) is 54.5 Å². The molecule has 2 aromatic heterocycles. The molecule has 0 aliphatic carbocycles. The second-order valence-electron chi connectivity index (χ2n) is 8.58. The predicted octanol–water partition coefficient (Wildman–Crippen LogP) is 4.27. The van der Waals surface area contributed by atoms with E-state index in [0.717, 1.165) is 48.8 Å². The molecule has 3 heterocycles. The van der Waals surface area contributed by atoms with Gasteiger partial charge in [-0.25, -0.2) is 9.97 Å². The van der Waals surface area contributed by atoms with E-state index in [0.29, 0.717) is 5.56 Å². The Morgan fingerprint density at radius 2 is 1.93 bits per heavy atom. The van der Waals surface area contributed by atoms with E-state index < -0.39 is 0 Å². The summed E-state index contributed by atoms with van der Waals surface area (Å²) in [4.78, 5) is 16.6. The van der Waals surface area contributed by atoms with Crippen molar-refractivity contribution in [3.8, 4) is 17.3 Å². The standard InChI is InChI=1S/C24H25N5/c1-24(2,3)23-26-14-19-15-29(11-10-22(19)28-23)16-20-8-5-9-21(27-20)18-7-4-6-17(12-18)13-25/h4-9,12,14H,10-11,15-16H2,1-3H3. The molecule has 1 aliphatic rings. The highest BCUT2D eigenvalue weighted by atomic mass is 15.1. The molecule has 0 unspecified atom stereocenters. The van der Waals surface area contributed by atoms with Crippen LogP contribution in [0.2, 0.25) is 0 Å². The van der Waals surface area contributed by atoms with Gasteiger partial charge in [0.05, 0.1) is 23.0 Å². The summed E-state index contributed by atoms with van der Waals surface area (Å²) in [6.07, 6.45) is 2.93. The number of aromatic nitrogens is 3. The van der Waals surface area contributed by atoms with E-state index >= 15 is 0 Å². The van der Waals surface area contributed by atoms with Crippen molar-refractivity contribution in [1.29, 1.82) is 5.26 Å². The minimum Gasteiger partial charge on any atom is -0.293 e. The number of hydrogen-bond donors (Lipinski definition) is 0. The molecule has 0 saturated carbocycles. The van der Waals surface area contributed by atoms with E-state index in [9.17, 15) is 0 Å². The number of nitrogens with zero attached hydrogens (tertiary/aromatic N) is 5. The minimum atomic E-state index is -0.0284. The first-order chi connectivity index (χ1) is 13.9. The van der Waals surface area contributed by atoms with E-state index in [1.807, 2.05) is 42.6 Å². The first-order valence-corrected chi connectivity index (χ1v) is 9.96. The van der Waals surface area contributed by atoms with E-state index in [2.05, 4.69) is 42.8 Å². The van der Waals surface area contributed by atoms with E-state index in [4.69, 9.17) is 15.2 Å². The van der Waals surface area contributed by atoms with Gasteiger partial charge in [-0.05, 0) is 24.3 Å². The third-order valence-corrected chi connectivity index (χ3v) is 5.16. The van der Waals surface area contributed by atoms with Crippen molar-refractivity contribution in [3.63, 3.8) is 0 Å². The summed E-state index contributed by atoms with van der Waals surface area (Å²) in [5, 5.41) is 9.13. The summed E-state index contributed by atoms with van der Waals surface area (Å²) in [6, 6.07) is 15.9. The molecule has 5 heteroatoms. The van der Waals surface area contributed by atoms with Crippen molar-refractivity contribution >= 4 is 0 Å². The summed E-state index contributed by atoms with van der Waals surface area (Å²) < 4.78 is 0. The van der Waals surface area contributed by atoms with Gasteiger partial charge in [-0.1, -0.05) is 39.0 Å². The highest BCUT2D eigenvalue weighted by molar-refractivity contribution is 5.61. The van der Waals surface area contributed by atoms with Crippen molar-refractivity contribution in [3.05, 3.63) is 77.0 Å². The second kappa shape index (κ2) is 7.73. The fraction of sp³-hybridized carbons (Fsp3) is 0.333. The number of rotatable bonds is 3. The summed E-state index contributed by atoms with van der Waals surface area (Å²) in [7, 11) is 0. The molecule has 0 radical (unpaired) electrons. The number of hydrogen-bond acceptors (Lipinski definition) is 5. The van der Waals surface area contributed by atoms with Gasteiger partial charge in [0.15, 0.2) is 0 Å². The fourth-order valence-electron chi connectivity index (χ4n) is 3.58. The maximum absolute atomic E-state index is 9.13. The van der Waals surface area contributed by atoms with Gasteiger partial charge in [0.25, 0.3) is 0 Å². The minimum absolute atomic E-state index is 0.0284. The van der Waals surface area contributed by atoms with Crippen molar-refractivity contribution in [1.82, 2.24) is 19.9 Å². The molecule has 1 aliphatic heterocycles. The highest BCUT2D eigenvalue weighted by Gasteiger charge is 2.23. The molecular formula is C24H25N5. The average molecular weight is 383 g/mol. The lowest BCUT2D eigenvalue weighted by atomic mass is 9.95. The molecule has 5 nitrogen and oxygen atoms in total. The summed E-state index contributed by atoms with van der Waals surface area (Å²) in [5.41, 5.74) is 5.91. The molecule has 0 bridgehead atoms. The van der Waals surface area contributed by atoms with Crippen LogP contribution in [0.4, 0.5) is 0 Å². The summed E-state index contributed by atoms with van der Waals surface area (Å²) >= 11 is 0. The van der Waals surface area contributed by atoms with Crippen LogP contribution in [0.1, 0.15) is 49.1 Å². The zero-order valence-electron chi connectivity index (χ0n) is 17.2. The van der Waals surface area contributed by atoms with Gasteiger partial charge in [-0.3, -0.25) is 9.88 Å². The van der Waals surface area contributed by atoms with Crippen LogP contribution in [0.15, 0.2) is 48.7 Å². The third kappa shape index (κ3) is 4.33. The Morgan fingerprint density at radius 1 is 1.10 bits per heavy atom. The largest absolute Gasteiger partial charge is 0.293 e. The maximum atomic E-state index is 9.13. The van der Waals surface area contributed by atoms with Gasteiger partial charge in [-0.15, -0.1) is 0 Å². The molecule has 0 amide bonds. The van der Waals surface area contributed by atoms with Gasteiger partial charge in [0.1, 0.15) is 5.82 Å². The zero-order chi connectivity index (χ0) is 20.4. The predicted molar refractivity (Wildman–Crippen MR) is 113 cm³/mol. The van der Waals surface area contributed by atoms with Crippen LogP contribution in [0, 0.1) is 11.3 Å². The van der Waals surface area contributed by atoms with Crippen molar-refractivity contribution in [2.75, 3.05) is 6.54 Å². The van der Waals surface area contributed by atoms with Crippen LogP contribution in [0.5, 0.6) is 0 Å². The monoisotopic (exact) mass is 383 g/mol. The number of benzene rings is 1. The topological polar surface area (TPSA) is 65.7 Å². The molecule has 0 fully saturated rings. The highest BCUT2D eigenvalue weighted by Crippen LogP contribution is 2.24. The van der Waals surface area contributed by atoms with E-state index in [-0.39, 0.29) is 5.41 Å². The lowest BCUT2D eigenvalue weighted by molar-refractivity contribution is 0.239. The Bertz CT molecular complexity index is 1080. The quantitative estimate of drug-likeness (QED) is 0.676.